The van der Waals surface area contributed by atoms with E-state index in [-0.39, 0.29) is 6.73 Å². The molecule has 0 atom stereocenters. The largest absolute Gasteiger partial charge is 0.374 e. The van der Waals surface area contributed by atoms with Gasteiger partial charge in [-0.3, -0.25) is 0 Å². The minimum Gasteiger partial charge on any atom is -0.374 e. The zero-order valence-corrected chi connectivity index (χ0v) is 5.81. The van der Waals surface area contributed by atoms with Crippen LogP contribution in [0.3, 0.4) is 0 Å². The van der Waals surface area contributed by atoms with Crippen molar-refractivity contribution in [2.24, 2.45) is 0 Å². The van der Waals surface area contributed by atoms with Crippen LogP contribution in [0.5, 0.6) is 0 Å². The maximum absolute atomic E-state index is 8.78. The fourth-order valence-corrected chi connectivity index (χ4v) is 1.02. The van der Waals surface area contributed by atoms with Gasteiger partial charge in [-0.2, -0.15) is 5.10 Å². The van der Waals surface area contributed by atoms with E-state index >= 15 is 0 Å². The van der Waals surface area contributed by atoms with Gasteiger partial charge in [-0.1, -0.05) is 0 Å². The lowest BCUT2D eigenvalue weighted by atomic mass is 10.4. The highest BCUT2D eigenvalue weighted by molar-refractivity contribution is 5.73. The van der Waals surface area contributed by atoms with Crippen LogP contribution < -0.4 is 0 Å². The summed E-state index contributed by atoms with van der Waals surface area (Å²) in [7, 11) is 0. The number of nitrogens with zero attached hydrogens (tertiary/aromatic N) is 3. The molecule has 0 radical (unpaired) electrons. The molecule has 0 aliphatic heterocycles. The zero-order chi connectivity index (χ0) is 7.68. The Morgan fingerprint density at radius 2 is 2.45 bits per heavy atom. The number of aliphatic hydroxyl groups is 1. The van der Waals surface area contributed by atoms with E-state index in [0.717, 1.165) is 11.0 Å². The van der Waals surface area contributed by atoms with Gasteiger partial charge in [0.15, 0.2) is 5.65 Å². The number of rotatable bonds is 1. The molecule has 0 fully saturated rings. The van der Waals surface area contributed by atoms with Gasteiger partial charge in [0.25, 0.3) is 0 Å². The Hall–Kier alpha value is -1.42. The number of fused-ring (bicyclic) bond motifs is 1. The Bertz CT molecular complexity index is 368. The molecule has 11 heavy (non-hydrogen) atoms. The Balaban J connectivity index is 2.76. The lowest BCUT2D eigenvalue weighted by molar-refractivity contribution is 0.199. The first kappa shape index (κ1) is 6.30. The standard InChI is InChI=1S/C7H7N3O/c11-5-10-7-6(4-9-10)2-1-3-8-7/h1-4,11H,5H2. The SMILES string of the molecule is OCn1ncc2cccnc21. The molecule has 4 heteroatoms. The summed E-state index contributed by atoms with van der Waals surface area (Å²) in [5.41, 5.74) is 0.718. The monoisotopic (exact) mass is 149 g/mol. The topological polar surface area (TPSA) is 50.9 Å². The number of hydrogen-bond donors (Lipinski definition) is 1. The van der Waals surface area contributed by atoms with Gasteiger partial charge >= 0.3 is 0 Å². The van der Waals surface area contributed by atoms with E-state index in [0.29, 0.717) is 0 Å². The molecule has 4 nitrogen and oxygen atoms in total. The minimum absolute atomic E-state index is 0.124. The highest BCUT2D eigenvalue weighted by Gasteiger charge is 1.99. The Morgan fingerprint density at radius 1 is 1.55 bits per heavy atom. The van der Waals surface area contributed by atoms with E-state index in [1.54, 1.807) is 12.4 Å². The van der Waals surface area contributed by atoms with Gasteiger partial charge in [0, 0.05) is 11.6 Å². The third-order valence-electron chi connectivity index (χ3n) is 1.53. The van der Waals surface area contributed by atoms with E-state index in [4.69, 9.17) is 5.11 Å². The van der Waals surface area contributed by atoms with Crippen molar-refractivity contribution >= 4 is 11.0 Å². The molecule has 2 aromatic rings. The van der Waals surface area contributed by atoms with Crippen molar-refractivity contribution in [2.45, 2.75) is 6.73 Å². The van der Waals surface area contributed by atoms with Crippen molar-refractivity contribution in [3.63, 3.8) is 0 Å². The van der Waals surface area contributed by atoms with Gasteiger partial charge in [-0.25, -0.2) is 9.67 Å². The molecule has 2 heterocycles. The summed E-state index contributed by atoms with van der Waals surface area (Å²) in [6, 6.07) is 3.74. The summed E-state index contributed by atoms with van der Waals surface area (Å²) in [5.74, 6) is 0. The molecule has 0 bridgehead atoms. The van der Waals surface area contributed by atoms with Gasteiger partial charge < -0.3 is 5.11 Å². The van der Waals surface area contributed by atoms with Gasteiger partial charge in [0.2, 0.25) is 0 Å². The maximum Gasteiger partial charge on any atom is 0.160 e. The Morgan fingerprint density at radius 3 is 3.27 bits per heavy atom. The second-order valence-electron chi connectivity index (χ2n) is 2.20. The van der Waals surface area contributed by atoms with Crippen LogP contribution in [0.15, 0.2) is 24.5 Å². The van der Waals surface area contributed by atoms with Gasteiger partial charge in [-0.05, 0) is 12.1 Å². The zero-order valence-electron chi connectivity index (χ0n) is 5.81. The van der Waals surface area contributed by atoms with Crippen molar-refractivity contribution in [2.75, 3.05) is 0 Å². The summed E-state index contributed by atoms with van der Waals surface area (Å²) in [4.78, 5) is 4.05. The quantitative estimate of drug-likeness (QED) is 0.637. The molecule has 0 saturated heterocycles. The third-order valence-corrected chi connectivity index (χ3v) is 1.53. The van der Waals surface area contributed by atoms with E-state index in [1.807, 2.05) is 12.1 Å². The van der Waals surface area contributed by atoms with Crippen LogP contribution in [0.25, 0.3) is 11.0 Å². The minimum atomic E-state index is -0.124. The average molecular weight is 149 g/mol. The molecular weight excluding hydrogens is 142 g/mol. The second-order valence-corrected chi connectivity index (χ2v) is 2.20. The number of aromatic nitrogens is 3. The third kappa shape index (κ3) is 0.877. The number of aliphatic hydroxyl groups excluding tert-OH is 1. The highest BCUT2D eigenvalue weighted by atomic mass is 16.3. The Labute approximate surface area is 63.1 Å². The van der Waals surface area contributed by atoms with Crippen LogP contribution in [-0.4, -0.2) is 19.9 Å². The van der Waals surface area contributed by atoms with Crippen LogP contribution in [0.1, 0.15) is 0 Å². The molecule has 0 aromatic carbocycles. The predicted molar refractivity (Wildman–Crippen MR) is 39.7 cm³/mol. The summed E-state index contributed by atoms with van der Waals surface area (Å²) in [6.45, 7) is -0.124. The summed E-state index contributed by atoms with van der Waals surface area (Å²) < 4.78 is 1.44. The van der Waals surface area contributed by atoms with Gasteiger partial charge in [0.1, 0.15) is 6.73 Å². The van der Waals surface area contributed by atoms with Gasteiger partial charge in [-0.15, -0.1) is 0 Å². The molecule has 0 unspecified atom stereocenters. The lowest BCUT2D eigenvalue weighted by Gasteiger charge is -1.93. The van der Waals surface area contributed by atoms with Gasteiger partial charge in [0.05, 0.1) is 6.20 Å². The first-order chi connectivity index (χ1) is 5.42. The van der Waals surface area contributed by atoms with Crippen molar-refractivity contribution in [3.05, 3.63) is 24.5 Å². The summed E-state index contributed by atoms with van der Waals surface area (Å²) in [5, 5.41) is 13.6. The normalized spacial score (nSPS) is 10.6. The molecular formula is C7H7N3O. The molecule has 0 aliphatic carbocycles. The van der Waals surface area contributed by atoms with E-state index < -0.39 is 0 Å². The van der Waals surface area contributed by atoms with Crippen molar-refractivity contribution < 1.29 is 5.11 Å². The number of hydrogen-bond acceptors (Lipinski definition) is 3. The van der Waals surface area contributed by atoms with E-state index in [2.05, 4.69) is 10.1 Å². The molecule has 0 spiro atoms. The second kappa shape index (κ2) is 2.32. The Kier molecular flexibility index (Phi) is 1.33. The lowest BCUT2D eigenvalue weighted by Crippen LogP contribution is -1.98. The smallest absolute Gasteiger partial charge is 0.160 e. The number of pyridine rings is 1. The van der Waals surface area contributed by atoms with Crippen LogP contribution in [0.4, 0.5) is 0 Å². The van der Waals surface area contributed by atoms with Crippen molar-refractivity contribution in [3.8, 4) is 0 Å². The molecule has 0 aliphatic rings. The molecule has 56 valence electrons. The average Bonchev–Trinajstić information content (AvgIpc) is 2.47. The van der Waals surface area contributed by atoms with Crippen LogP contribution in [0, 0.1) is 0 Å². The first-order valence-corrected chi connectivity index (χ1v) is 3.29. The van der Waals surface area contributed by atoms with Crippen LogP contribution in [0.2, 0.25) is 0 Å². The van der Waals surface area contributed by atoms with Crippen molar-refractivity contribution in [1.82, 2.24) is 14.8 Å². The maximum atomic E-state index is 8.78. The first-order valence-electron chi connectivity index (χ1n) is 3.29. The van der Waals surface area contributed by atoms with Crippen LogP contribution in [-0.2, 0) is 6.73 Å². The molecule has 1 N–H and O–H groups in total. The molecule has 2 aromatic heterocycles. The predicted octanol–water partition coefficient (Wildman–Crippen LogP) is 0.381. The molecule has 2 rings (SSSR count). The fourth-order valence-electron chi connectivity index (χ4n) is 1.02. The summed E-state index contributed by atoms with van der Waals surface area (Å²) in [6.07, 6.45) is 3.36. The molecule has 0 amide bonds. The van der Waals surface area contributed by atoms with Crippen molar-refractivity contribution in [1.29, 1.82) is 0 Å². The van der Waals surface area contributed by atoms with E-state index in [1.165, 1.54) is 4.68 Å². The highest BCUT2D eigenvalue weighted by Crippen LogP contribution is 2.07. The molecule has 0 saturated carbocycles. The van der Waals surface area contributed by atoms with E-state index in [9.17, 15) is 0 Å². The fraction of sp³-hybridized carbons (Fsp3) is 0.143. The summed E-state index contributed by atoms with van der Waals surface area (Å²) >= 11 is 0. The van der Waals surface area contributed by atoms with Crippen LogP contribution >= 0.6 is 0 Å².